The van der Waals surface area contributed by atoms with Gasteiger partial charge >= 0.3 is 0 Å². The number of nitrogens with two attached hydrogens (primary N) is 1. The molecule has 2 heteroatoms. The standard InChI is InChI=1S/C9H11NO/c1-7-4-2-3-5-8(7)6-9(10)11/h2-5H,6H2,1H3,(H2,10,11)/i/hD. The molecule has 0 aromatic heterocycles. The molecule has 0 atom stereocenters. The molecule has 0 radical (unpaired) electrons. The highest BCUT2D eigenvalue weighted by Gasteiger charge is 1.99. The molecule has 0 aliphatic carbocycles. The average molecular weight is 150 g/mol. The van der Waals surface area contributed by atoms with E-state index in [0.717, 1.165) is 11.1 Å². The van der Waals surface area contributed by atoms with Gasteiger partial charge in [-0.15, -0.1) is 0 Å². The Morgan fingerprint density at radius 2 is 2.36 bits per heavy atom. The Morgan fingerprint density at radius 3 is 3.00 bits per heavy atom. The van der Waals surface area contributed by atoms with E-state index in [-0.39, 0.29) is 12.3 Å². The molecule has 1 aromatic carbocycles. The van der Waals surface area contributed by atoms with Crippen LogP contribution < -0.4 is 5.73 Å². The van der Waals surface area contributed by atoms with E-state index < -0.39 is 0 Å². The second-order valence-electron chi connectivity index (χ2n) is 2.53. The van der Waals surface area contributed by atoms with Crippen LogP contribution in [0.2, 0.25) is 1.41 Å². The Kier molecular flexibility index (Phi) is 1.86. The average Bonchev–Trinajstić information content (AvgIpc) is 2.09. The van der Waals surface area contributed by atoms with Crippen LogP contribution in [0, 0.1) is 6.92 Å². The van der Waals surface area contributed by atoms with Gasteiger partial charge in [-0.25, -0.2) is 0 Å². The van der Waals surface area contributed by atoms with Gasteiger partial charge < -0.3 is 5.73 Å². The zero-order chi connectivity index (χ0) is 8.97. The van der Waals surface area contributed by atoms with Crippen molar-refractivity contribution in [2.75, 3.05) is 0 Å². The van der Waals surface area contributed by atoms with Crippen molar-refractivity contribution < 1.29 is 6.21 Å². The third-order valence-electron chi connectivity index (χ3n) is 1.61. The fourth-order valence-corrected chi connectivity index (χ4v) is 0.981. The molecule has 2 nitrogen and oxygen atoms in total. The first-order valence-corrected chi connectivity index (χ1v) is 3.49. The van der Waals surface area contributed by atoms with Gasteiger partial charge in [-0.1, -0.05) is 24.3 Å². The highest BCUT2D eigenvalue weighted by Crippen LogP contribution is 2.06. The lowest BCUT2D eigenvalue weighted by Gasteiger charge is -2.00. The summed E-state index contributed by atoms with van der Waals surface area (Å²) < 4.78 is 6.63. The van der Waals surface area contributed by atoms with Crippen LogP contribution in [-0.4, -0.2) is 5.91 Å². The maximum atomic E-state index is 10.8. The van der Waals surface area contributed by atoms with Crippen molar-refractivity contribution in [3.8, 4) is 0 Å². The smallest absolute Gasteiger partial charge is 0.221 e. The largest absolute Gasteiger partial charge is 0.369 e. The van der Waals surface area contributed by atoms with Crippen LogP contribution >= 0.6 is 0 Å². The minimum absolute atomic E-state index is 0.274. The molecule has 0 saturated carbocycles. The lowest BCUT2D eigenvalue weighted by atomic mass is 10.1. The second-order valence-corrected chi connectivity index (χ2v) is 2.53. The van der Waals surface area contributed by atoms with Gasteiger partial charge in [0.05, 0.1) is 6.42 Å². The summed E-state index contributed by atoms with van der Waals surface area (Å²) in [6, 6.07) is 7.66. The molecule has 11 heavy (non-hydrogen) atoms. The second kappa shape index (κ2) is 3.19. The Balaban J connectivity index is 2.75. The predicted octanol–water partition coefficient (Wildman–Crippen LogP) is 1.02. The van der Waals surface area contributed by atoms with Gasteiger partial charge in [0, 0.05) is 0 Å². The molecule has 0 fully saturated rings. The van der Waals surface area contributed by atoms with E-state index in [4.69, 9.17) is 1.41 Å². The van der Waals surface area contributed by atoms with Crippen LogP contribution in [0.25, 0.3) is 0 Å². The summed E-state index contributed by atoms with van der Waals surface area (Å²) >= 11 is 0. The molecule has 0 spiro atoms. The van der Waals surface area contributed by atoms with Gasteiger partial charge in [-0.05, 0) is 18.1 Å². The molecule has 58 valence electrons. The number of carbonyl (C=O) groups excluding carboxylic acids is 1. The van der Waals surface area contributed by atoms with E-state index >= 15 is 0 Å². The summed E-state index contributed by atoms with van der Waals surface area (Å²) in [7, 11) is 0. The first-order valence-electron chi connectivity index (χ1n) is 3.99. The fourth-order valence-electron chi connectivity index (χ4n) is 0.981. The van der Waals surface area contributed by atoms with Gasteiger partial charge in [0.25, 0.3) is 0 Å². The summed E-state index contributed by atoms with van der Waals surface area (Å²) in [6.07, 6.45) is 0.288. The normalized spacial score (nSPS) is 10.5. The number of primary amides is 1. The Morgan fingerprint density at radius 1 is 1.64 bits per heavy atom. The van der Waals surface area contributed by atoms with Crippen molar-refractivity contribution in [2.24, 2.45) is 5.73 Å². The summed E-state index contributed by atoms with van der Waals surface area (Å²) in [5, 5.41) is 0. The molecule has 0 bridgehead atoms. The number of hydrogen-bond donors (Lipinski definition) is 1. The first-order chi connectivity index (χ1) is 5.74. The van der Waals surface area contributed by atoms with Crippen molar-refractivity contribution in [3.05, 3.63) is 35.4 Å². The lowest BCUT2D eigenvalue weighted by Crippen LogP contribution is -2.14. The third-order valence-corrected chi connectivity index (χ3v) is 1.61. The first kappa shape index (κ1) is 6.40. The van der Waals surface area contributed by atoms with Gasteiger partial charge in [0.15, 0.2) is 1.41 Å². The molecule has 0 saturated heterocycles. The number of rotatable bonds is 2. The summed E-state index contributed by atoms with van der Waals surface area (Å²) in [5.74, 6) is -0.274. The minimum atomic E-state index is -0.274. The number of carbonyl (C=O) groups is 1. The van der Waals surface area contributed by atoms with Crippen LogP contribution in [0.4, 0.5) is 0 Å². The number of amides is 1. The van der Waals surface area contributed by atoms with Crippen LogP contribution in [0.1, 0.15) is 11.1 Å². The van der Waals surface area contributed by atoms with Gasteiger partial charge in [0.1, 0.15) is 0 Å². The van der Waals surface area contributed by atoms with Crippen molar-refractivity contribution in [2.45, 2.75) is 13.3 Å². The molecule has 0 aliphatic rings. The molecule has 1 aromatic rings. The predicted molar refractivity (Wildman–Crippen MR) is 44.1 cm³/mol. The maximum absolute atomic E-state index is 10.8. The molecule has 1 amide bonds. The van der Waals surface area contributed by atoms with Crippen LogP contribution in [-0.2, 0) is 11.2 Å². The molecule has 0 aliphatic heterocycles. The Labute approximate surface area is 67.5 Å². The maximum Gasteiger partial charge on any atom is 0.221 e. The zero-order valence-corrected chi connectivity index (χ0v) is 6.42. The van der Waals surface area contributed by atoms with Gasteiger partial charge in [0.2, 0.25) is 5.91 Å². The third kappa shape index (κ3) is 2.08. The van der Waals surface area contributed by atoms with Crippen molar-refractivity contribution in [1.29, 1.82) is 0 Å². The quantitative estimate of drug-likeness (QED) is 0.672. The molecule has 1 rings (SSSR count). The highest BCUT2D eigenvalue weighted by atomic mass is 16.1. The number of hydrogen-bond acceptors (Lipinski definition) is 1. The van der Waals surface area contributed by atoms with E-state index in [9.17, 15) is 4.79 Å². The topological polar surface area (TPSA) is 43.1 Å². The van der Waals surface area contributed by atoms with Crippen LogP contribution in [0.15, 0.2) is 24.3 Å². The van der Waals surface area contributed by atoms with E-state index in [1.165, 1.54) is 0 Å². The summed E-state index contributed by atoms with van der Waals surface area (Å²) in [4.78, 5) is 10.8. The van der Waals surface area contributed by atoms with E-state index in [1.54, 1.807) is 0 Å². The Hall–Kier alpha value is -1.31. The van der Waals surface area contributed by atoms with Gasteiger partial charge in [-0.2, -0.15) is 0 Å². The van der Waals surface area contributed by atoms with Crippen LogP contribution in [0.5, 0.6) is 0 Å². The molecular weight excluding hydrogens is 138 g/mol. The fraction of sp³-hybridized carbons (Fsp3) is 0.222. The van der Waals surface area contributed by atoms with E-state index in [0.29, 0.717) is 0 Å². The number of aryl methyl sites for hydroxylation is 1. The van der Waals surface area contributed by atoms with Crippen LogP contribution in [0.3, 0.4) is 0 Å². The van der Waals surface area contributed by atoms with Gasteiger partial charge in [-0.3, -0.25) is 4.79 Å². The summed E-state index contributed by atoms with van der Waals surface area (Å²) in [5.41, 5.74) is 3.91. The monoisotopic (exact) mass is 150 g/mol. The lowest BCUT2D eigenvalue weighted by molar-refractivity contribution is -0.117. The zero-order valence-electron chi connectivity index (χ0n) is 7.42. The SMILES string of the molecule is [2H]NC(=O)Cc1ccccc1C. The highest BCUT2D eigenvalue weighted by molar-refractivity contribution is 5.76. The molecule has 2 N–H and O–H groups in total. The van der Waals surface area contributed by atoms with E-state index in [1.807, 2.05) is 36.9 Å². The summed E-state index contributed by atoms with van der Waals surface area (Å²) in [6.45, 7) is 1.95. The van der Waals surface area contributed by atoms with E-state index in [2.05, 4.69) is 0 Å². The van der Waals surface area contributed by atoms with Crippen molar-refractivity contribution in [1.82, 2.24) is 0 Å². The molecule has 0 heterocycles. The van der Waals surface area contributed by atoms with Crippen molar-refractivity contribution in [3.63, 3.8) is 0 Å². The minimum Gasteiger partial charge on any atom is -0.369 e. The Bertz CT molecular complexity index is 286. The number of benzene rings is 1. The molecular formula is C9H11NO. The van der Waals surface area contributed by atoms with Crippen molar-refractivity contribution >= 4 is 5.91 Å². The molecule has 0 unspecified atom stereocenters.